The van der Waals surface area contributed by atoms with Gasteiger partial charge in [0.15, 0.2) is 0 Å². The highest BCUT2D eigenvalue weighted by atomic mass is 32.2. The molecule has 0 unspecified atom stereocenters. The Morgan fingerprint density at radius 1 is 1.21 bits per heavy atom. The van der Waals surface area contributed by atoms with Gasteiger partial charge in [-0.3, -0.25) is 0 Å². The first-order valence-electron chi connectivity index (χ1n) is 7.05. The first kappa shape index (κ1) is 17.0. The Morgan fingerprint density at radius 3 is 2.75 bits per heavy atom. The lowest BCUT2D eigenvalue weighted by Crippen LogP contribution is -2.05. The van der Waals surface area contributed by atoms with Crippen molar-refractivity contribution in [2.75, 3.05) is 5.75 Å². The molecule has 0 radical (unpaired) electrons. The van der Waals surface area contributed by atoms with Gasteiger partial charge in [0, 0.05) is 12.6 Å². The third-order valence-corrected chi connectivity index (χ3v) is 4.95. The van der Waals surface area contributed by atoms with E-state index in [-0.39, 0.29) is 0 Å². The number of halogens is 3. The van der Waals surface area contributed by atoms with Crippen LogP contribution in [0, 0.1) is 0 Å². The maximum Gasteiger partial charge on any atom is 0.417 e. The molecule has 3 heterocycles. The third kappa shape index (κ3) is 4.35. The zero-order valence-corrected chi connectivity index (χ0v) is 13.9. The van der Waals surface area contributed by atoms with Gasteiger partial charge in [-0.1, -0.05) is 11.2 Å². The van der Waals surface area contributed by atoms with Crippen molar-refractivity contribution in [3.63, 3.8) is 0 Å². The summed E-state index contributed by atoms with van der Waals surface area (Å²) in [6.45, 7) is 0. The minimum atomic E-state index is -4.35. The number of pyridine rings is 1. The minimum absolute atomic E-state index is 0.555. The van der Waals surface area contributed by atoms with Crippen molar-refractivity contribution in [2.24, 2.45) is 0 Å². The monoisotopic (exact) mass is 371 g/mol. The number of aromatic nitrogens is 3. The molecule has 0 saturated carbocycles. The van der Waals surface area contributed by atoms with E-state index in [2.05, 4.69) is 15.1 Å². The summed E-state index contributed by atoms with van der Waals surface area (Å²) in [4.78, 5) is 9.09. The maximum absolute atomic E-state index is 12.4. The summed E-state index contributed by atoms with van der Waals surface area (Å²) < 4.78 is 42.5. The molecule has 3 aromatic rings. The van der Waals surface area contributed by atoms with Gasteiger partial charge in [-0.2, -0.15) is 18.2 Å². The fourth-order valence-electron chi connectivity index (χ4n) is 1.90. The van der Waals surface area contributed by atoms with Crippen LogP contribution in [0.25, 0.3) is 10.7 Å². The molecule has 0 bridgehead atoms. The van der Waals surface area contributed by atoms with Crippen molar-refractivity contribution < 1.29 is 17.7 Å². The Balaban J connectivity index is 1.46. The lowest BCUT2D eigenvalue weighted by molar-refractivity contribution is -0.137. The van der Waals surface area contributed by atoms with Crippen molar-refractivity contribution in [2.45, 2.75) is 24.0 Å². The van der Waals surface area contributed by atoms with Crippen LogP contribution in [0.15, 0.2) is 45.4 Å². The van der Waals surface area contributed by atoms with Crippen molar-refractivity contribution in [3.05, 3.63) is 47.3 Å². The van der Waals surface area contributed by atoms with Gasteiger partial charge in [0.1, 0.15) is 0 Å². The van der Waals surface area contributed by atoms with Crippen molar-refractivity contribution in [1.29, 1.82) is 0 Å². The van der Waals surface area contributed by atoms with E-state index in [0.29, 0.717) is 28.9 Å². The molecule has 0 aromatic carbocycles. The molecule has 3 aromatic heterocycles. The predicted octanol–water partition coefficient (Wildman–Crippen LogP) is 4.94. The second kappa shape index (κ2) is 7.35. The average molecular weight is 371 g/mol. The van der Waals surface area contributed by atoms with Gasteiger partial charge in [0.2, 0.25) is 11.7 Å². The van der Waals surface area contributed by atoms with Gasteiger partial charge in [-0.15, -0.1) is 23.1 Å². The van der Waals surface area contributed by atoms with Crippen molar-refractivity contribution in [1.82, 2.24) is 15.1 Å². The summed E-state index contributed by atoms with van der Waals surface area (Å²) in [5, 5.41) is 6.43. The van der Waals surface area contributed by atoms with Crippen LogP contribution < -0.4 is 0 Å². The van der Waals surface area contributed by atoms with E-state index >= 15 is 0 Å². The van der Waals surface area contributed by atoms with E-state index in [1.165, 1.54) is 17.8 Å². The number of hydrogen-bond acceptors (Lipinski definition) is 6. The number of aryl methyl sites for hydroxylation is 1. The zero-order valence-electron chi connectivity index (χ0n) is 12.3. The molecule has 9 heteroatoms. The fourth-order valence-corrected chi connectivity index (χ4v) is 3.33. The molecule has 3 rings (SSSR count). The average Bonchev–Trinajstić information content (AvgIpc) is 3.22. The molecule has 0 N–H and O–H groups in total. The largest absolute Gasteiger partial charge is 0.417 e. The highest BCUT2D eigenvalue weighted by molar-refractivity contribution is 7.99. The quantitative estimate of drug-likeness (QED) is 0.454. The van der Waals surface area contributed by atoms with Crippen LogP contribution in [0.5, 0.6) is 0 Å². The Hall–Kier alpha value is -1.87. The Morgan fingerprint density at radius 2 is 2.08 bits per heavy atom. The molecule has 0 aliphatic carbocycles. The Labute approximate surface area is 144 Å². The van der Waals surface area contributed by atoms with Gasteiger partial charge in [0.25, 0.3) is 0 Å². The van der Waals surface area contributed by atoms with Crippen LogP contribution in [0.4, 0.5) is 13.2 Å². The SMILES string of the molecule is FC(F)(F)c1ccc(SCCCc2nc(-c3cccs3)no2)nc1. The van der Waals surface area contributed by atoms with E-state index in [4.69, 9.17) is 4.52 Å². The first-order chi connectivity index (χ1) is 11.5. The molecule has 0 amide bonds. The summed E-state index contributed by atoms with van der Waals surface area (Å²) in [7, 11) is 0. The van der Waals surface area contributed by atoms with Crippen LogP contribution in [-0.2, 0) is 12.6 Å². The second-order valence-corrected chi connectivity index (χ2v) is 6.89. The molecule has 126 valence electrons. The predicted molar refractivity (Wildman–Crippen MR) is 85.9 cm³/mol. The van der Waals surface area contributed by atoms with E-state index in [1.807, 2.05) is 17.5 Å². The van der Waals surface area contributed by atoms with Gasteiger partial charge in [-0.25, -0.2) is 4.98 Å². The zero-order chi connectivity index (χ0) is 17.0. The van der Waals surface area contributed by atoms with Crippen LogP contribution in [0.1, 0.15) is 17.9 Å². The standard InChI is InChI=1S/C15H12F3N3OS2/c16-15(17,18)10-5-6-13(19-9-10)24-8-2-4-12-20-14(21-22-12)11-3-1-7-23-11/h1,3,5-7,9H,2,4,8H2. The molecule has 0 spiro atoms. The number of alkyl halides is 3. The van der Waals surface area contributed by atoms with Gasteiger partial charge < -0.3 is 4.52 Å². The maximum atomic E-state index is 12.4. The summed E-state index contributed by atoms with van der Waals surface area (Å²) in [6.07, 6.45) is -2.12. The minimum Gasteiger partial charge on any atom is -0.339 e. The fraction of sp³-hybridized carbons (Fsp3) is 0.267. The smallest absolute Gasteiger partial charge is 0.339 e. The summed E-state index contributed by atoms with van der Waals surface area (Å²) in [6, 6.07) is 6.27. The van der Waals surface area contributed by atoms with Gasteiger partial charge >= 0.3 is 6.18 Å². The number of thioether (sulfide) groups is 1. The molecular weight excluding hydrogens is 359 g/mol. The molecule has 0 fully saturated rings. The Kier molecular flexibility index (Phi) is 5.20. The van der Waals surface area contributed by atoms with E-state index in [0.717, 1.165) is 23.6 Å². The number of hydrogen-bond donors (Lipinski definition) is 0. The van der Waals surface area contributed by atoms with Crippen LogP contribution in [0.3, 0.4) is 0 Å². The van der Waals surface area contributed by atoms with Crippen LogP contribution >= 0.6 is 23.1 Å². The molecule has 0 atom stereocenters. The van der Waals surface area contributed by atoms with Crippen molar-refractivity contribution >= 4 is 23.1 Å². The molecule has 0 aliphatic rings. The van der Waals surface area contributed by atoms with Crippen LogP contribution in [-0.4, -0.2) is 20.9 Å². The topological polar surface area (TPSA) is 51.8 Å². The van der Waals surface area contributed by atoms with Gasteiger partial charge in [-0.05, 0) is 35.8 Å². The number of thiophene rings is 1. The molecule has 0 saturated heterocycles. The van der Waals surface area contributed by atoms with E-state index in [1.54, 1.807) is 11.3 Å². The number of nitrogens with zero attached hydrogens (tertiary/aromatic N) is 3. The second-order valence-electron chi connectivity index (χ2n) is 4.82. The summed E-state index contributed by atoms with van der Waals surface area (Å²) in [5.74, 6) is 1.84. The highest BCUT2D eigenvalue weighted by Crippen LogP contribution is 2.29. The van der Waals surface area contributed by atoms with Crippen LogP contribution in [0.2, 0.25) is 0 Å². The first-order valence-corrected chi connectivity index (χ1v) is 8.91. The van der Waals surface area contributed by atoms with Gasteiger partial charge in [0.05, 0.1) is 15.5 Å². The Bertz CT molecular complexity index is 770. The molecule has 0 aliphatic heterocycles. The number of rotatable bonds is 6. The van der Waals surface area contributed by atoms with E-state index in [9.17, 15) is 13.2 Å². The summed E-state index contributed by atoms with van der Waals surface area (Å²) >= 11 is 2.94. The normalized spacial score (nSPS) is 11.8. The highest BCUT2D eigenvalue weighted by Gasteiger charge is 2.30. The van der Waals surface area contributed by atoms with Crippen molar-refractivity contribution in [3.8, 4) is 10.7 Å². The molecule has 24 heavy (non-hydrogen) atoms. The van der Waals surface area contributed by atoms with E-state index < -0.39 is 11.7 Å². The lowest BCUT2D eigenvalue weighted by Gasteiger charge is -2.06. The lowest BCUT2D eigenvalue weighted by atomic mass is 10.3. The molecular formula is C15H12F3N3OS2. The summed E-state index contributed by atoms with van der Waals surface area (Å²) in [5.41, 5.74) is -0.737. The third-order valence-electron chi connectivity index (χ3n) is 3.06. The molecule has 4 nitrogen and oxygen atoms in total.